The topological polar surface area (TPSA) is 43.3 Å². The molecule has 0 saturated heterocycles. The van der Waals surface area contributed by atoms with Crippen molar-refractivity contribution < 1.29 is 0 Å². The predicted molar refractivity (Wildman–Crippen MR) is 85.1 cm³/mol. The quantitative estimate of drug-likeness (QED) is 0.778. The van der Waals surface area contributed by atoms with Crippen molar-refractivity contribution in [2.45, 2.75) is 32.7 Å². The van der Waals surface area contributed by atoms with Crippen LogP contribution in [0, 0.1) is 0 Å². The Kier molecular flexibility index (Phi) is 3.15. The highest BCUT2D eigenvalue weighted by molar-refractivity contribution is 7.15. The Bertz CT molecular complexity index is 729. The van der Waals surface area contributed by atoms with Crippen molar-refractivity contribution >= 4 is 16.3 Å². The van der Waals surface area contributed by atoms with E-state index in [1.807, 2.05) is 11.6 Å². The van der Waals surface area contributed by atoms with Crippen molar-refractivity contribution in [2.24, 2.45) is 5.73 Å². The number of thiazole rings is 1. The Morgan fingerprint density at radius 3 is 2.50 bits per heavy atom. The summed E-state index contributed by atoms with van der Waals surface area (Å²) in [5, 5.41) is 2.04. The Balaban J connectivity index is 2.09. The van der Waals surface area contributed by atoms with Gasteiger partial charge in [0.1, 0.15) is 0 Å². The number of imidazole rings is 1. The molecular formula is C16H19N3S. The number of nitrogens with two attached hydrogens (primary N) is 1. The van der Waals surface area contributed by atoms with Gasteiger partial charge >= 0.3 is 0 Å². The summed E-state index contributed by atoms with van der Waals surface area (Å²) in [6.45, 7) is 7.16. The van der Waals surface area contributed by atoms with Crippen molar-refractivity contribution in [1.82, 2.24) is 9.38 Å². The van der Waals surface area contributed by atoms with Crippen LogP contribution in [0.25, 0.3) is 16.2 Å². The molecule has 3 rings (SSSR count). The number of nitrogens with zero attached hydrogens (tertiary/aromatic N) is 2. The highest BCUT2D eigenvalue weighted by Crippen LogP contribution is 2.29. The molecular weight excluding hydrogens is 266 g/mol. The van der Waals surface area contributed by atoms with Crippen LogP contribution in [0.4, 0.5) is 0 Å². The van der Waals surface area contributed by atoms with E-state index in [1.54, 1.807) is 11.3 Å². The Morgan fingerprint density at radius 1 is 1.20 bits per heavy atom. The average Bonchev–Trinajstić information content (AvgIpc) is 2.97. The van der Waals surface area contributed by atoms with Gasteiger partial charge in [-0.2, -0.15) is 0 Å². The van der Waals surface area contributed by atoms with E-state index in [0.717, 1.165) is 21.9 Å². The van der Waals surface area contributed by atoms with Crippen LogP contribution in [0.3, 0.4) is 0 Å². The van der Waals surface area contributed by atoms with Gasteiger partial charge in [-0.15, -0.1) is 11.3 Å². The summed E-state index contributed by atoms with van der Waals surface area (Å²) in [6, 6.07) is 8.66. The van der Waals surface area contributed by atoms with Crippen molar-refractivity contribution in [1.29, 1.82) is 0 Å². The molecule has 2 N–H and O–H groups in total. The zero-order valence-electron chi connectivity index (χ0n) is 12.1. The summed E-state index contributed by atoms with van der Waals surface area (Å²) < 4.78 is 2.08. The second-order valence-corrected chi connectivity index (χ2v) is 6.87. The molecule has 0 saturated carbocycles. The van der Waals surface area contributed by atoms with Crippen molar-refractivity contribution in [3.63, 3.8) is 0 Å². The van der Waals surface area contributed by atoms with Crippen LogP contribution in [0.1, 0.15) is 32.0 Å². The van der Waals surface area contributed by atoms with Crippen molar-refractivity contribution in [3.05, 3.63) is 47.1 Å². The lowest BCUT2D eigenvalue weighted by Gasteiger charge is -2.19. The molecule has 0 amide bonds. The van der Waals surface area contributed by atoms with Crippen LogP contribution in [0.5, 0.6) is 0 Å². The van der Waals surface area contributed by atoms with Crippen molar-refractivity contribution in [3.8, 4) is 11.3 Å². The first kappa shape index (κ1) is 13.3. The minimum absolute atomic E-state index is 0.170. The number of rotatable bonds is 2. The first-order chi connectivity index (χ1) is 9.50. The molecule has 1 aromatic carbocycles. The zero-order chi connectivity index (χ0) is 14.3. The molecule has 0 aliphatic heterocycles. The minimum Gasteiger partial charge on any atom is -0.325 e. The normalized spacial score (nSPS) is 12.2. The molecule has 0 aliphatic carbocycles. The van der Waals surface area contributed by atoms with Crippen LogP contribution in [0.15, 0.2) is 35.8 Å². The number of hydrogen-bond donors (Lipinski definition) is 1. The lowest BCUT2D eigenvalue weighted by molar-refractivity contribution is 0.590. The van der Waals surface area contributed by atoms with E-state index in [1.165, 1.54) is 5.56 Å². The molecule has 4 heteroatoms. The van der Waals surface area contributed by atoms with Crippen LogP contribution in [0.2, 0.25) is 0 Å². The molecule has 0 spiro atoms. The van der Waals surface area contributed by atoms with Gasteiger partial charge in [-0.1, -0.05) is 45.0 Å². The average molecular weight is 285 g/mol. The molecule has 2 heterocycles. The lowest BCUT2D eigenvalue weighted by Crippen LogP contribution is -2.10. The summed E-state index contributed by atoms with van der Waals surface area (Å²) in [5.74, 6) is 0. The number of aromatic nitrogens is 2. The first-order valence-corrected chi connectivity index (χ1v) is 7.64. The highest BCUT2D eigenvalue weighted by Gasteiger charge is 2.16. The Hall–Kier alpha value is -1.65. The van der Waals surface area contributed by atoms with E-state index in [0.29, 0.717) is 6.54 Å². The number of benzene rings is 1. The van der Waals surface area contributed by atoms with E-state index in [-0.39, 0.29) is 5.41 Å². The molecule has 0 fully saturated rings. The second kappa shape index (κ2) is 4.72. The third-order valence-electron chi connectivity index (χ3n) is 3.58. The van der Waals surface area contributed by atoms with Crippen molar-refractivity contribution in [2.75, 3.05) is 0 Å². The van der Waals surface area contributed by atoms with E-state index in [4.69, 9.17) is 10.7 Å². The Morgan fingerprint density at radius 2 is 1.90 bits per heavy atom. The smallest absolute Gasteiger partial charge is 0.194 e. The van der Waals surface area contributed by atoms with Gasteiger partial charge in [-0.25, -0.2) is 4.98 Å². The zero-order valence-corrected chi connectivity index (χ0v) is 12.9. The summed E-state index contributed by atoms with van der Waals surface area (Å²) in [5.41, 5.74) is 10.6. The molecule has 3 nitrogen and oxygen atoms in total. The number of fused-ring (bicyclic) bond motifs is 1. The molecule has 0 unspecified atom stereocenters. The van der Waals surface area contributed by atoms with E-state index in [2.05, 4.69) is 49.4 Å². The lowest BCUT2D eigenvalue weighted by atomic mass is 9.86. The van der Waals surface area contributed by atoms with Crippen LogP contribution >= 0.6 is 11.3 Å². The van der Waals surface area contributed by atoms with Gasteiger partial charge in [0.25, 0.3) is 0 Å². The SMILES string of the molecule is CC(C)(C)c1ccc(-c2nc3sccn3c2CN)cc1. The monoisotopic (exact) mass is 285 g/mol. The predicted octanol–water partition coefficient (Wildman–Crippen LogP) is 3.82. The minimum atomic E-state index is 0.170. The Labute approximate surface area is 123 Å². The molecule has 0 bridgehead atoms. The fraction of sp³-hybridized carbons (Fsp3) is 0.312. The van der Waals surface area contributed by atoms with Crippen LogP contribution < -0.4 is 5.73 Å². The molecule has 0 aliphatic rings. The van der Waals surface area contributed by atoms with E-state index < -0.39 is 0 Å². The van der Waals surface area contributed by atoms with Gasteiger partial charge in [0, 0.05) is 23.7 Å². The van der Waals surface area contributed by atoms with Crippen LogP contribution in [-0.4, -0.2) is 9.38 Å². The second-order valence-electron chi connectivity index (χ2n) is 5.99. The largest absolute Gasteiger partial charge is 0.325 e. The first-order valence-electron chi connectivity index (χ1n) is 6.76. The van der Waals surface area contributed by atoms with E-state index in [9.17, 15) is 0 Å². The fourth-order valence-electron chi connectivity index (χ4n) is 2.39. The standard InChI is InChI=1S/C16H19N3S/c1-16(2,3)12-6-4-11(5-7-12)14-13(10-17)19-8-9-20-15(19)18-14/h4-9H,10,17H2,1-3H3. The summed E-state index contributed by atoms with van der Waals surface area (Å²) in [4.78, 5) is 5.71. The molecule has 20 heavy (non-hydrogen) atoms. The highest BCUT2D eigenvalue weighted by atomic mass is 32.1. The maximum Gasteiger partial charge on any atom is 0.194 e. The summed E-state index contributed by atoms with van der Waals surface area (Å²) >= 11 is 1.64. The fourth-order valence-corrected chi connectivity index (χ4v) is 3.12. The molecule has 0 radical (unpaired) electrons. The van der Waals surface area contributed by atoms with Gasteiger partial charge in [0.05, 0.1) is 11.4 Å². The third kappa shape index (κ3) is 2.15. The molecule has 2 aromatic heterocycles. The molecule has 3 aromatic rings. The van der Waals surface area contributed by atoms with Gasteiger partial charge < -0.3 is 5.73 Å². The van der Waals surface area contributed by atoms with E-state index >= 15 is 0 Å². The molecule has 104 valence electrons. The summed E-state index contributed by atoms with van der Waals surface area (Å²) in [6.07, 6.45) is 2.03. The maximum absolute atomic E-state index is 5.90. The van der Waals surface area contributed by atoms with Gasteiger partial charge in [0.15, 0.2) is 4.96 Å². The molecule has 0 atom stereocenters. The van der Waals surface area contributed by atoms with Crippen LogP contribution in [-0.2, 0) is 12.0 Å². The van der Waals surface area contributed by atoms with Gasteiger partial charge in [-0.05, 0) is 11.0 Å². The van der Waals surface area contributed by atoms with Gasteiger partial charge in [0.2, 0.25) is 0 Å². The maximum atomic E-state index is 5.90. The summed E-state index contributed by atoms with van der Waals surface area (Å²) in [7, 11) is 0. The number of hydrogen-bond acceptors (Lipinski definition) is 3. The third-order valence-corrected chi connectivity index (χ3v) is 4.34. The van der Waals surface area contributed by atoms with Gasteiger partial charge in [-0.3, -0.25) is 4.40 Å².